The van der Waals surface area contributed by atoms with Crippen molar-refractivity contribution in [3.05, 3.63) is 72.1 Å². The molecule has 1 aromatic carbocycles. The quantitative estimate of drug-likeness (QED) is 0.679. The van der Waals surface area contributed by atoms with Gasteiger partial charge in [0.1, 0.15) is 0 Å². The maximum Gasteiger partial charge on any atom is 0.255 e. The lowest BCUT2D eigenvalue weighted by molar-refractivity contribution is 0.0966. The average molecular weight is 257 g/mol. The summed E-state index contributed by atoms with van der Waals surface area (Å²) in [5.74, 6) is -0.226. The van der Waals surface area contributed by atoms with E-state index in [-0.39, 0.29) is 5.91 Å². The van der Waals surface area contributed by atoms with Gasteiger partial charge in [0, 0.05) is 17.8 Å². The Morgan fingerprint density at radius 2 is 2.00 bits per heavy atom. The second kappa shape index (κ2) is 7.18. The van der Waals surface area contributed by atoms with Crippen molar-refractivity contribution in [3.63, 3.8) is 0 Å². The van der Waals surface area contributed by atoms with Crippen LogP contribution in [0, 0.1) is 0 Å². The molecule has 1 rings (SSSR count). The number of hydrogen-bond donors (Lipinski definition) is 3. The normalized spacial score (nSPS) is 10.9. The van der Waals surface area contributed by atoms with Crippen LogP contribution in [-0.4, -0.2) is 13.0 Å². The summed E-state index contributed by atoms with van der Waals surface area (Å²) in [5.41, 5.74) is 8.01. The van der Waals surface area contributed by atoms with Gasteiger partial charge >= 0.3 is 0 Å². The van der Waals surface area contributed by atoms with Gasteiger partial charge in [0.05, 0.1) is 5.70 Å². The summed E-state index contributed by atoms with van der Waals surface area (Å²) >= 11 is 0. The number of carbonyl (C=O) groups excluding carboxylic acids is 1. The minimum absolute atomic E-state index is 0.226. The van der Waals surface area contributed by atoms with Crippen LogP contribution in [0.15, 0.2) is 61.0 Å². The highest BCUT2D eigenvalue weighted by Crippen LogP contribution is 2.06. The van der Waals surface area contributed by atoms with Gasteiger partial charge in [0.15, 0.2) is 0 Å². The predicted octanol–water partition coefficient (Wildman–Crippen LogP) is 1.68. The maximum atomic E-state index is 12.0. The van der Waals surface area contributed by atoms with Crippen molar-refractivity contribution in [2.24, 2.45) is 5.73 Å². The Bertz CT molecular complexity index is 501. The number of nitrogens with one attached hydrogen (secondary N) is 2. The van der Waals surface area contributed by atoms with Gasteiger partial charge in [-0.05, 0) is 30.8 Å². The zero-order valence-corrected chi connectivity index (χ0v) is 11.1. The first-order valence-corrected chi connectivity index (χ1v) is 5.91. The monoisotopic (exact) mass is 257 g/mol. The Kier molecular flexibility index (Phi) is 5.57. The van der Waals surface area contributed by atoms with E-state index in [0.29, 0.717) is 17.0 Å². The molecule has 4 N–H and O–H groups in total. The van der Waals surface area contributed by atoms with Crippen molar-refractivity contribution in [3.8, 4) is 0 Å². The van der Waals surface area contributed by atoms with Gasteiger partial charge < -0.3 is 16.4 Å². The largest absolute Gasteiger partial charge is 0.398 e. The molecule has 0 unspecified atom stereocenters. The van der Waals surface area contributed by atoms with E-state index in [4.69, 9.17) is 5.73 Å². The van der Waals surface area contributed by atoms with Crippen LogP contribution >= 0.6 is 0 Å². The van der Waals surface area contributed by atoms with Crippen molar-refractivity contribution in [1.82, 2.24) is 10.6 Å². The first kappa shape index (κ1) is 14.7. The van der Waals surface area contributed by atoms with E-state index in [1.54, 1.807) is 24.3 Å². The van der Waals surface area contributed by atoms with Crippen molar-refractivity contribution in [2.45, 2.75) is 6.54 Å². The van der Waals surface area contributed by atoms with Crippen LogP contribution in [0.3, 0.4) is 0 Å². The number of benzene rings is 1. The molecular weight excluding hydrogens is 238 g/mol. The SMILES string of the molecule is C=C/C=C(/NC(=O)c1ccc(CNC)cc1)C(=C)N. The van der Waals surface area contributed by atoms with Crippen molar-refractivity contribution < 1.29 is 4.79 Å². The molecule has 0 spiro atoms. The Labute approximate surface area is 113 Å². The van der Waals surface area contributed by atoms with Gasteiger partial charge in [-0.15, -0.1) is 0 Å². The predicted molar refractivity (Wildman–Crippen MR) is 78.3 cm³/mol. The van der Waals surface area contributed by atoms with E-state index in [0.717, 1.165) is 12.1 Å². The molecular formula is C15H19N3O. The number of amides is 1. The summed E-state index contributed by atoms with van der Waals surface area (Å²) < 4.78 is 0. The third-order valence-corrected chi connectivity index (χ3v) is 2.48. The van der Waals surface area contributed by atoms with E-state index >= 15 is 0 Å². The third kappa shape index (κ3) is 4.44. The highest BCUT2D eigenvalue weighted by Gasteiger charge is 2.08. The highest BCUT2D eigenvalue weighted by molar-refractivity contribution is 5.95. The Hall–Kier alpha value is -2.33. The Morgan fingerprint density at radius 3 is 2.47 bits per heavy atom. The third-order valence-electron chi connectivity index (χ3n) is 2.48. The first-order chi connectivity index (χ1) is 9.08. The molecule has 4 heteroatoms. The van der Waals surface area contributed by atoms with Crippen LogP contribution in [0.2, 0.25) is 0 Å². The van der Waals surface area contributed by atoms with Gasteiger partial charge in [-0.25, -0.2) is 0 Å². The minimum Gasteiger partial charge on any atom is -0.398 e. The van der Waals surface area contributed by atoms with Crippen LogP contribution in [0.5, 0.6) is 0 Å². The molecule has 0 bridgehead atoms. The van der Waals surface area contributed by atoms with Crippen molar-refractivity contribution >= 4 is 5.91 Å². The second-order valence-electron chi connectivity index (χ2n) is 4.02. The summed E-state index contributed by atoms with van der Waals surface area (Å²) in [5, 5.41) is 5.74. The van der Waals surface area contributed by atoms with Crippen molar-refractivity contribution in [2.75, 3.05) is 7.05 Å². The lowest BCUT2D eigenvalue weighted by Gasteiger charge is -2.09. The lowest BCUT2D eigenvalue weighted by Crippen LogP contribution is -2.25. The molecule has 0 fully saturated rings. The number of nitrogens with two attached hydrogens (primary N) is 1. The molecule has 0 aliphatic heterocycles. The Balaban J connectivity index is 2.80. The molecule has 0 radical (unpaired) electrons. The number of hydrogen-bond acceptors (Lipinski definition) is 3. The van der Waals surface area contributed by atoms with Crippen LogP contribution in [0.1, 0.15) is 15.9 Å². The van der Waals surface area contributed by atoms with E-state index in [1.807, 2.05) is 19.2 Å². The van der Waals surface area contributed by atoms with E-state index < -0.39 is 0 Å². The van der Waals surface area contributed by atoms with E-state index in [2.05, 4.69) is 23.8 Å². The molecule has 0 saturated heterocycles. The molecule has 0 atom stereocenters. The number of rotatable bonds is 6. The molecule has 0 saturated carbocycles. The molecule has 1 amide bonds. The first-order valence-electron chi connectivity index (χ1n) is 5.91. The molecule has 0 aromatic heterocycles. The van der Waals surface area contributed by atoms with Gasteiger partial charge in [-0.3, -0.25) is 4.79 Å². The molecule has 0 heterocycles. The zero-order chi connectivity index (χ0) is 14.3. The maximum absolute atomic E-state index is 12.0. The van der Waals surface area contributed by atoms with Crippen LogP contribution in [0.4, 0.5) is 0 Å². The van der Waals surface area contributed by atoms with Crippen molar-refractivity contribution in [1.29, 1.82) is 0 Å². The average Bonchev–Trinajstić information content (AvgIpc) is 2.39. The minimum atomic E-state index is -0.226. The smallest absolute Gasteiger partial charge is 0.255 e. The Morgan fingerprint density at radius 1 is 1.37 bits per heavy atom. The van der Waals surface area contributed by atoms with Gasteiger partial charge in [0.2, 0.25) is 0 Å². The summed E-state index contributed by atoms with van der Waals surface area (Å²) in [6.45, 7) is 7.93. The van der Waals surface area contributed by atoms with Gasteiger partial charge in [-0.2, -0.15) is 0 Å². The number of carbonyl (C=O) groups is 1. The van der Waals surface area contributed by atoms with E-state index in [9.17, 15) is 4.79 Å². The van der Waals surface area contributed by atoms with Crippen LogP contribution in [-0.2, 0) is 6.54 Å². The standard InChI is InChI=1S/C15H19N3O/c1-4-5-14(11(2)16)18-15(19)13-8-6-12(7-9-13)10-17-3/h4-9,17H,1-2,10,16H2,3H3,(H,18,19)/b14-5+. The molecule has 0 aliphatic rings. The fourth-order valence-electron chi connectivity index (χ4n) is 1.52. The molecule has 100 valence electrons. The number of allylic oxidation sites excluding steroid dienone is 2. The van der Waals surface area contributed by atoms with Crippen LogP contribution < -0.4 is 16.4 Å². The fraction of sp³-hybridized carbons (Fsp3) is 0.133. The topological polar surface area (TPSA) is 67.2 Å². The molecule has 19 heavy (non-hydrogen) atoms. The highest BCUT2D eigenvalue weighted by atomic mass is 16.1. The summed E-state index contributed by atoms with van der Waals surface area (Å²) in [6, 6.07) is 7.35. The van der Waals surface area contributed by atoms with E-state index in [1.165, 1.54) is 0 Å². The zero-order valence-electron chi connectivity index (χ0n) is 11.1. The summed E-state index contributed by atoms with van der Waals surface area (Å²) in [7, 11) is 1.87. The fourth-order valence-corrected chi connectivity index (χ4v) is 1.52. The molecule has 1 aromatic rings. The summed E-state index contributed by atoms with van der Waals surface area (Å²) in [4.78, 5) is 12.0. The summed E-state index contributed by atoms with van der Waals surface area (Å²) in [6.07, 6.45) is 3.15. The second-order valence-corrected chi connectivity index (χ2v) is 4.02. The van der Waals surface area contributed by atoms with Crippen LogP contribution in [0.25, 0.3) is 0 Å². The van der Waals surface area contributed by atoms with Gasteiger partial charge in [-0.1, -0.05) is 31.4 Å². The molecule has 4 nitrogen and oxygen atoms in total. The molecule has 0 aliphatic carbocycles. The lowest BCUT2D eigenvalue weighted by atomic mass is 10.1. The van der Waals surface area contributed by atoms with Gasteiger partial charge in [0.25, 0.3) is 5.91 Å².